The first-order chi connectivity index (χ1) is 7.16. The zero-order valence-electron chi connectivity index (χ0n) is 9.00. The molecule has 0 unspecified atom stereocenters. The Morgan fingerprint density at radius 1 is 1.40 bits per heavy atom. The maximum absolute atomic E-state index is 11.8. The highest BCUT2D eigenvalue weighted by Crippen LogP contribution is 2.26. The molecule has 1 fully saturated rings. The first kappa shape index (κ1) is 10.9. The molecular weight excluding hydrogens is 254 g/mol. The third kappa shape index (κ3) is 2.51. The normalized spacial score (nSPS) is 17.2. The van der Waals surface area contributed by atoms with E-state index in [4.69, 9.17) is 0 Å². The molecule has 2 nitrogen and oxygen atoms in total. The molecule has 82 valence electrons. The second kappa shape index (κ2) is 4.52. The number of hydrogen-bond donors (Lipinski definition) is 0. The smallest absolute Gasteiger partial charge is 0.251 e. The second-order valence-corrected chi connectivity index (χ2v) is 5.33. The lowest BCUT2D eigenvalue weighted by Crippen LogP contribution is -2.24. The molecule has 0 amide bonds. The number of rotatable bonds is 2. The van der Waals surface area contributed by atoms with Crippen molar-refractivity contribution in [2.45, 2.75) is 39.2 Å². The maximum Gasteiger partial charge on any atom is 0.251 e. The molecule has 0 aliphatic heterocycles. The Labute approximate surface area is 98.4 Å². The third-order valence-electron chi connectivity index (χ3n) is 3.22. The highest BCUT2D eigenvalue weighted by molar-refractivity contribution is 9.10. The van der Waals surface area contributed by atoms with Crippen LogP contribution in [0.25, 0.3) is 0 Å². The van der Waals surface area contributed by atoms with E-state index in [1.54, 1.807) is 6.07 Å². The van der Waals surface area contributed by atoms with Gasteiger partial charge < -0.3 is 4.57 Å². The summed E-state index contributed by atoms with van der Waals surface area (Å²) in [6, 6.07) is 3.66. The molecule has 3 heteroatoms. The summed E-state index contributed by atoms with van der Waals surface area (Å²) < 4.78 is 2.79. The topological polar surface area (TPSA) is 22.0 Å². The second-order valence-electron chi connectivity index (χ2n) is 4.41. The van der Waals surface area contributed by atoms with Crippen molar-refractivity contribution in [2.75, 3.05) is 0 Å². The van der Waals surface area contributed by atoms with E-state index in [-0.39, 0.29) is 5.56 Å². The summed E-state index contributed by atoms with van der Waals surface area (Å²) in [5.41, 5.74) is 1.18. The Morgan fingerprint density at radius 3 is 2.67 bits per heavy atom. The van der Waals surface area contributed by atoms with Crippen LogP contribution in [-0.2, 0) is 6.54 Å². The fourth-order valence-corrected chi connectivity index (χ4v) is 2.90. The predicted octanol–water partition coefficient (Wildman–Crippen LogP) is 3.11. The minimum Gasteiger partial charge on any atom is -0.313 e. The summed E-state index contributed by atoms with van der Waals surface area (Å²) in [7, 11) is 0. The van der Waals surface area contributed by atoms with Gasteiger partial charge in [-0.3, -0.25) is 4.79 Å². The SMILES string of the molecule is Cc1cc(Br)cc(=O)n1CC1CCCC1. The standard InChI is InChI=1S/C12H16BrNO/c1-9-6-11(13)7-12(15)14(9)8-10-4-2-3-5-10/h6-7,10H,2-5,8H2,1H3. The van der Waals surface area contributed by atoms with Gasteiger partial charge in [0.1, 0.15) is 0 Å². The van der Waals surface area contributed by atoms with E-state index in [2.05, 4.69) is 15.9 Å². The van der Waals surface area contributed by atoms with Crippen LogP contribution in [0.1, 0.15) is 31.4 Å². The molecular formula is C12H16BrNO. The lowest BCUT2D eigenvalue weighted by Gasteiger charge is -2.14. The van der Waals surface area contributed by atoms with Gasteiger partial charge in [0.15, 0.2) is 0 Å². The van der Waals surface area contributed by atoms with Crippen molar-refractivity contribution in [3.05, 3.63) is 32.7 Å². The molecule has 1 heterocycles. The first-order valence-corrected chi connectivity index (χ1v) is 6.33. The minimum atomic E-state index is 0.119. The van der Waals surface area contributed by atoms with Crippen LogP contribution in [0.3, 0.4) is 0 Å². The Balaban J connectivity index is 2.23. The Hall–Kier alpha value is -0.570. The highest BCUT2D eigenvalue weighted by Gasteiger charge is 2.16. The quantitative estimate of drug-likeness (QED) is 0.809. The van der Waals surface area contributed by atoms with Crippen LogP contribution in [0.2, 0.25) is 0 Å². The maximum atomic E-state index is 11.8. The molecule has 1 saturated carbocycles. The van der Waals surface area contributed by atoms with E-state index in [9.17, 15) is 4.79 Å². The van der Waals surface area contributed by atoms with Crippen LogP contribution in [-0.4, -0.2) is 4.57 Å². The zero-order valence-corrected chi connectivity index (χ0v) is 10.6. The zero-order chi connectivity index (χ0) is 10.8. The number of pyridine rings is 1. The molecule has 0 N–H and O–H groups in total. The van der Waals surface area contributed by atoms with Gasteiger partial charge in [0.05, 0.1) is 0 Å². The molecule has 0 saturated heterocycles. The molecule has 0 aromatic carbocycles. The van der Waals surface area contributed by atoms with E-state index in [0.29, 0.717) is 5.92 Å². The molecule has 0 atom stereocenters. The van der Waals surface area contributed by atoms with Crippen LogP contribution in [0.4, 0.5) is 0 Å². The first-order valence-electron chi connectivity index (χ1n) is 5.54. The lowest BCUT2D eigenvalue weighted by atomic mass is 10.1. The van der Waals surface area contributed by atoms with Crippen molar-refractivity contribution in [3.8, 4) is 0 Å². The summed E-state index contributed by atoms with van der Waals surface area (Å²) in [5, 5.41) is 0. The molecule has 2 rings (SSSR count). The summed E-state index contributed by atoms with van der Waals surface area (Å²) in [4.78, 5) is 11.8. The van der Waals surface area contributed by atoms with Crippen molar-refractivity contribution in [1.29, 1.82) is 0 Å². The highest BCUT2D eigenvalue weighted by atomic mass is 79.9. The van der Waals surface area contributed by atoms with Crippen molar-refractivity contribution >= 4 is 15.9 Å². The summed E-state index contributed by atoms with van der Waals surface area (Å²) in [6.45, 7) is 2.90. The van der Waals surface area contributed by atoms with Gasteiger partial charge in [-0.15, -0.1) is 0 Å². The van der Waals surface area contributed by atoms with Crippen LogP contribution in [0.5, 0.6) is 0 Å². The number of hydrogen-bond acceptors (Lipinski definition) is 1. The van der Waals surface area contributed by atoms with Gasteiger partial charge in [0.2, 0.25) is 0 Å². The fraction of sp³-hybridized carbons (Fsp3) is 0.583. The van der Waals surface area contributed by atoms with Crippen molar-refractivity contribution in [1.82, 2.24) is 4.57 Å². The van der Waals surface area contributed by atoms with Gasteiger partial charge in [0, 0.05) is 22.8 Å². The molecule has 0 bridgehead atoms. The van der Waals surface area contributed by atoms with Crippen LogP contribution >= 0.6 is 15.9 Å². The largest absolute Gasteiger partial charge is 0.313 e. The van der Waals surface area contributed by atoms with Gasteiger partial charge in [-0.25, -0.2) is 0 Å². The van der Waals surface area contributed by atoms with Gasteiger partial charge in [-0.2, -0.15) is 0 Å². The van der Waals surface area contributed by atoms with E-state index in [1.807, 2.05) is 17.6 Å². The van der Waals surface area contributed by atoms with Crippen LogP contribution in [0, 0.1) is 12.8 Å². The number of halogens is 1. The fourth-order valence-electron chi connectivity index (χ4n) is 2.37. The molecule has 1 aromatic rings. The van der Waals surface area contributed by atoms with Crippen molar-refractivity contribution in [2.24, 2.45) is 5.92 Å². The third-order valence-corrected chi connectivity index (χ3v) is 3.67. The molecule has 15 heavy (non-hydrogen) atoms. The van der Waals surface area contributed by atoms with Crippen molar-refractivity contribution < 1.29 is 0 Å². The molecule has 1 aliphatic rings. The summed E-state index contributed by atoms with van der Waals surface area (Å²) in [5.74, 6) is 0.711. The van der Waals surface area contributed by atoms with Crippen LogP contribution in [0.15, 0.2) is 21.4 Å². The minimum absolute atomic E-state index is 0.119. The average molecular weight is 270 g/mol. The van der Waals surface area contributed by atoms with Crippen molar-refractivity contribution in [3.63, 3.8) is 0 Å². The lowest BCUT2D eigenvalue weighted by molar-refractivity contribution is 0.443. The van der Waals surface area contributed by atoms with Gasteiger partial charge >= 0.3 is 0 Å². The van der Waals surface area contributed by atoms with E-state index < -0.39 is 0 Å². The van der Waals surface area contributed by atoms with Crippen LogP contribution < -0.4 is 5.56 Å². The number of aryl methyl sites for hydroxylation is 1. The van der Waals surface area contributed by atoms with Gasteiger partial charge in [-0.05, 0) is 31.7 Å². The predicted molar refractivity (Wildman–Crippen MR) is 65.1 cm³/mol. The molecule has 1 aromatic heterocycles. The molecule has 0 spiro atoms. The molecule has 0 radical (unpaired) electrons. The summed E-state index contributed by atoms with van der Waals surface area (Å²) >= 11 is 3.35. The monoisotopic (exact) mass is 269 g/mol. The molecule has 1 aliphatic carbocycles. The Bertz CT molecular complexity index is 405. The number of aromatic nitrogens is 1. The Morgan fingerprint density at radius 2 is 2.07 bits per heavy atom. The van der Waals surface area contributed by atoms with E-state index in [1.165, 1.54) is 25.7 Å². The number of nitrogens with zero attached hydrogens (tertiary/aromatic N) is 1. The van der Waals surface area contributed by atoms with Gasteiger partial charge in [-0.1, -0.05) is 28.8 Å². The van der Waals surface area contributed by atoms with E-state index >= 15 is 0 Å². The summed E-state index contributed by atoms with van der Waals surface area (Å²) in [6.07, 6.45) is 5.22. The average Bonchev–Trinajstić information content (AvgIpc) is 2.63. The Kier molecular flexibility index (Phi) is 3.29. The van der Waals surface area contributed by atoms with Gasteiger partial charge in [0.25, 0.3) is 5.56 Å². The van der Waals surface area contributed by atoms with E-state index in [0.717, 1.165) is 16.7 Å².